The second-order valence-electron chi connectivity index (χ2n) is 9.14. The van der Waals surface area contributed by atoms with Crippen LogP contribution in [0.2, 0.25) is 5.02 Å². The first-order valence-electron chi connectivity index (χ1n) is 10.9. The summed E-state index contributed by atoms with van der Waals surface area (Å²) in [4.78, 5) is 14.3. The average molecular weight is 474 g/mol. The number of halogens is 3. The molecule has 5 nitrogen and oxygen atoms in total. The molecule has 1 aromatic heterocycles. The quantitative estimate of drug-likeness (QED) is 0.478. The molecule has 2 aromatic carbocycles. The van der Waals surface area contributed by atoms with Crippen molar-refractivity contribution in [1.29, 1.82) is 0 Å². The maximum absolute atomic E-state index is 14.4. The lowest BCUT2D eigenvalue weighted by atomic mass is 10.0. The van der Waals surface area contributed by atoms with Gasteiger partial charge in [-0.3, -0.25) is 4.68 Å². The van der Waals surface area contributed by atoms with Crippen LogP contribution >= 0.6 is 11.6 Å². The Kier molecular flexibility index (Phi) is 6.43. The molecule has 8 heteroatoms. The largest absolute Gasteiger partial charge is 0.444 e. The van der Waals surface area contributed by atoms with E-state index in [0.717, 1.165) is 28.6 Å². The van der Waals surface area contributed by atoms with Gasteiger partial charge in [-0.05, 0) is 45.4 Å². The predicted molar refractivity (Wildman–Crippen MR) is 123 cm³/mol. The third-order valence-electron chi connectivity index (χ3n) is 5.49. The van der Waals surface area contributed by atoms with Crippen LogP contribution in [0.15, 0.2) is 42.5 Å². The summed E-state index contributed by atoms with van der Waals surface area (Å²) < 4.78 is 35.1. The molecule has 0 spiro atoms. The number of rotatable bonds is 3. The Morgan fingerprint density at radius 3 is 2.45 bits per heavy atom. The van der Waals surface area contributed by atoms with Crippen molar-refractivity contribution >= 4 is 17.7 Å². The number of ether oxygens (including phenoxy) is 1. The molecule has 174 valence electrons. The zero-order valence-corrected chi connectivity index (χ0v) is 19.6. The molecule has 0 radical (unpaired) electrons. The first-order chi connectivity index (χ1) is 15.6. The van der Waals surface area contributed by atoms with E-state index in [1.165, 1.54) is 12.1 Å². The Balaban J connectivity index is 1.69. The topological polar surface area (TPSA) is 47.4 Å². The minimum absolute atomic E-state index is 0.160. The molecule has 3 aromatic rings. The highest BCUT2D eigenvalue weighted by atomic mass is 35.5. The van der Waals surface area contributed by atoms with Gasteiger partial charge in [0.15, 0.2) is 0 Å². The Morgan fingerprint density at radius 2 is 1.79 bits per heavy atom. The van der Waals surface area contributed by atoms with Crippen molar-refractivity contribution in [2.24, 2.45) is 0 Å². The molecule has 0 N–H and O–H groups in total. The van der Waals surface area contributed by atoms with E-state index in [1.54, 1.807) is 21.7 Å². The van der Waals surface area contributed by atoms with E-state index in [0.29, 0.717) is 36.5 Å². The smallest absolute Gasteiger partial charge is 0.410 e. The molecule has 2 heterocycles. The predicted octanol–water partition coefficient (Wildman–Crippen LogP) is 5.87. The van der Waals surface area contributed by atoms with E-state index >= 15 is 0 Å². The summed E-state index contributed by atoms with van der Waals surface area (Å²) in [6.45, 7) is 6.65. The molecule has 0 aliphatic carbocycles. The molecule has 1 aliphatic heterocycles. The van der Waals surface area contributed by atoms with Gasteiger partial charge in [-0.2, -0.15) is 5.10 Å². The maximum atomic E-state index is 14.4. The van der Waals surface area contributed by atoms with Gasteiger partial charge in [-0.15, -0.1) is 0 Å². The van der Waals surface area contributed by atoms with Crippen LogP contribution in [0, 0.1) is 11.6 Å². The van der Waals surface area contributed by atoms with Gasteiger partial charge in [-0.25, -0.2) is 13.6 Å². The van der Waals surface area contributed by atoms with Gasteiger partial charge >= 0.3 is 6.09 Å². The Morgan fingerprint density at radius 1 is 1.09 bits per heavy atom. The lowest BCUT2D eigenvalue weighted by molar-refractivity contribution is 0.0258. The van der Waals surface area contributed by atoms with E-state index in [4.69, 9.17) is 21.4 Å². The molecule has 0 saturated heterocycles. The van der Waals surface area contributed by atoms with E-state index in [9.17, 15) is 13.6 Å². The maximum Gasteiger partial charge on any atom is 0.410 e. The van der Waals surface area contributed by atoms with E-state index in [1.807, 2.05) is 32.9 Å². The zero-order chi connectivity index (χ0) is 23.8. The molecule has 33 heavy (non-hydrogen) atoms. The van der Waals surface area contributed by atoms with Crippen LogP contribution in [0.3, 0.4) is 0 Å². The number of hydrogen-bond acceptors (Lipinski definition) is 3. The number of hydrogen-bond donors (Lipinski definition) is 0. The molecule has 1 aliphatic rings. The molecule has 0 bridgehead atoms. The SMILES string of the molecule is CC(C)(C)OC(=O)N1CCc2nn(Cc3ccc(F)cc3F)c(-c3ccc(Cl)cc3)c2CC1. The van der Waals surface area contributed by atoms with Crippen LogP contribution in [-0.4, -0.2) is 39.5 Å². The van der Waals surface area contributed by atoms with Gasteiger partial charge in [-0.1, -0.05) is 29.8 Å². The number of amides is 1. The van der Waals surface area contributed by atoms with Crippen molar-refractivity contribution in [1.82, 2.24) is 14.7 Å². The van der Waals surface area contributed by atoms with Crippen molar-refractivity contribution in [2.75, 3.05) is 13.1 Å². The molecule has 1 amide bonds. The second-order valence-corrected chi connectivity index (χ2v) is 9.58. The van der Waals surface area contributed by atoms with Crippen LogP contribution in [0.5, 0.6) is 0 Å². The number of benzene rings is 2. The fourth-order valence-electron chi connectivity index (χ4n) is 3.98. The van der Waals surface area contributed by atoms with Gasteiger partial charge in [0.25, 0.3) is 0 Å². The van der Waals surface area contributed by atoms with Crippen LogP contribution in [0.1, 0.15) is 37.6 Å². The third kappa shape index (κ3) is 5.36. The fourth-order valence-corrected chi connectivity index (χ4v) is 4.10. The third-order valence-corrected chi connectivity index (χ3v) is 5.74. The number of carbonyl (C=O) groups is 1. The number of carbonyl (C=O) groups excluding carboxylic acids is 1. The van der Waals surface area contributed by atoms with Gasteiger partial charge in [0.2, 0.25) is 0 Å². The summed E-state index contributed by atoms with van der Waals surface area (Å²) in [6, 6.07) is 10.9. The average Bonchev–Trinajstić information content (AvgIpc) is 2.92. The molecule has 0 atom stereocenters. The summed E-state index contributed by atoms with van der Waals surface area (Å²) in [5.41, 5.74) is 3.37. The van der Waals surface area contributed by atoms with Gasteiger partial charge < -0.3 is 9.64 Å². The molecule has 0 saturated carbocycles. The Labute approximate surface area is 196 Å². The van der Waals surface area contributed by atoms with Crippen LogP contribution in [0.25, 0.3) is 11.3 Å². The summed E-state index contributed by atoms with van der Waals surface area (Å²) >= 11 is 6.09. The number of nitrogens with zero attached hydrogens (tertiary/aromatic N) is 3. The highest BCUT2D eigenvalue weighted by Gasteiger charge is 2.28. The summed E-state index contributed by atoms with van der Waals surface area (Å²) in [6.07, 6.45) is 0.786. The first-order valence-corrected chi connectivity index (χ1v) is 11.2. The Bertz CT molecular complexity index is 1170. The monoisotopic (exact) mass is 473 g/mol. The van der Waals surface area contributed by atoms with Crippen molar-refractivity contribution < 1.29 is 18.3 Å². The lowest BCUT2D eigenvalue weighted by Gasteiger charge is -2.26. The van der Waals surface area contributed by atoms with Crippen LogP contribution in [-0.2, 0) is 24.1 Å². The summed E-state index contributed by atoms with van der Waals surface area (Å²) in [5, 5.41) is 5.39. The molecular weight excluding hydrogens is 448 g/mol. The summed E-state index contributed by atoms with van der Waals surface area (Å²) in [5.74, 6) is -1.23. The van der Waals surface area contributed by atoms with Crippen molar-refractivity contribution in [3.8, 4) is 11.3 Å². The van der Waals surface area contributed by atoms with Crippen LogP contribution in [0.4, 0.5) is 13.6 Å². The van der Waals surface area contributed by atoms with Crippen molar-refractivity contribution in [3.63, 3.8) is 0 Å². The minimum Gasteiger partial charge on any atom is -0.444 e. The second kappa shape index (κ2) is 9.14. The van der Waals surface area contributed by atoms with Crippen molar-refractivity contribution in [3.05, 3.63) is 75.9 Å². The molecule has 0 fully saturated rings. The molecule has 0 unspecified atom stereocenters. The highest BCUT2D eigenvalue weighted by Crippen LogP contribution is 2.31. The normalized spacial score (nSPS) is 14.1. The standard InChI is InChI=1S/C25H26ClF2N3O2/c1-25(2,3)33-24(32)30-12-10-20-22(11-13-30)29-31(15-17-6-9-19(27)14-21(17)28)23(20)16-4-7-18(26)8-5-16/h4-9,14H,10-13,15H2,1-3H3. The van der Waals surface area contributed by atoms with E-state index in [-0.39, 0.29) is 12.6 Å². The van der Waals surface area contributed by atoms with Gasteiger partial charge in [0, 0.05) is 47.3 Å². The van der Waals surface area contributed by atoms with Gasteiger partial charge in [0.1, 0.15) is 17.2 Å². The van der Waals surface area contributed by atoms with E-state index < -0.39 is 17.2 Å². The first kappa shape index (κ1) is 23.2. The highest BCUT2D eigenvalue weighted by molar-refractivity contribution is 6.30. The Hall–Kier alpha value is -2.93. The zero-order valence-electron chi connectivity index (χ0n) is 18.9. The van der Waals surface area contributed by atoms with Gasteiger partial charge in [0.05, 0.1) is 17.9 Å². The van der Waals surface area contributed by atoms with Crippen molar-refractivity contribution in [2.45, 2.75) is 45.8 Å². The molecule has 4 rings (SSSR count). The lowest BCUT2D eigenvalue weighted by Crippen LogP contribution is -2.38. The minimum atomic E-state index is -0.618. The number of aromatic nitrogens is 2. The van der Waals surface area contributed by atoms with Crippen LogP contribution < -0.4 is 0 Å². The van der Waals surface area contributed by atoms with E-state index in [2.05, 4.69) is 0 Å². The molecular formula is C25H26ClF2N3O2. The number of fused-ring (bicyclic) bond motifs is 1. The summed E-state index contributed by atoms with van der Waals surface area (Å²) in [7, 11) is 0. The fraction of sp³-hybridized carbons (Fsp3) is 0.360.